The summed E-state index contributed by atoms with van der Waals surface area (Å²) in [6.07, 6.45) is 8.81. The lowest BCUT2D eigenvalue weighted by Crippen LogP contribution is -2.68. The summed E-state index contributed by atoms with van der Waals surface area (Å²) in [6, 6.07) is 0. The molecule has 0 aromatic heterocycles. The minimum Gasteiger partial charge on any atom is -0.481 e. The molecular formula is C27H46O5. The number of carbonyl (C=O) groups is 1. The zero-order valence-electron chi connectivity index (χ0n) is 20.6. The Labute approximate surface area is 194 Å². The summed E-state index contributed by atoms with van der Waals surface area (Å²) in [5, 5.41) is 42.2. The van der Waals surface area contributed by atoms with Gasteiger partial charge in [-0.1, -0.05) is 40.5 Å². The molecule has 0 aromatic rings. The van der Waals surface area contributed by atoms with Crippen LogP contribution in [-0.2, 0) is 4.79 Å². The maximum Gasteiger partial charge on any atom is 0.306 e. The van der Waals surface area contributed by atoms with E-state index < -0.39 is 23.8 Å². The van der Waals surface area contributed by atoms with Gasteiger partial charge in [0.2, 0.25) is 0 Å². The van der Waals surface area contributed by atoms with E-state index in [1.807, 2.05) is 6.92 Å². The van der Waals surface area contributed by atoms with E-state index in [4.69, 9.17) is 5.11 Å². The Bertz CT molecular complexity index is 710. The topological polar surface area (TPSA) is 98.0 Å². The normalized spacial score (nSPS) is 50.1. The molecule has 5 heteroatoms. The summed E-state index contributed by atoms with van der Waals surface area (Å²) >= 11 is 0. The fraction of sp³-hybridized carbons (Fsp3) is 0.963. The number of carboxylic acid groups (broad SMARTS) is 1. The van der Waals surface area contributed by atoms with Crippen LogP contribution in [0.25, 0.3) is 0 Å². The summed E-state index contributed by atoms with van der Waals surface area (Å²) in [4.78, 5) is 11.1. The van der Waals surface area contributed by atoms with Crippen LogP contribution in [0.15, 0.2) is 0 Å². The minimum atomic E-state index is -1.16. The fourth-order valence-electron chi connectivity index (χ4n) is 9.31. The van der Waals surface area contributed by atoms with Crippen molar-refractivity contribution in [1.82, 2.24) is 0 Å². The van der Waals surface area contributed by atoms with Crippen LogP contribution in [0.1, 0.15) is 98.3 Å². The molecule has 0 bridgehead atoms. The number of rotatable bonds is 6. The van der Waals surface area contributed by atoms with E-state index in [1.165, 1.54) is 19.3 Å². The molecule has 5 nitrogen and oxygen atoms in total. The second-order valence-electron chi connectivity index (χ2n) is 12.7. The first kappa shape index (κ1) is 24.5. The second kappa shape index (κ2) is 8.53. The molecule has 11 atom stereocenters. The first-order valence-electron chi connectivity index (χ1n) is 13.3. The van der Waals surface area contributed by atoms with E-state index in [9.17, 15) is 20.1 Å². The highest BCUT2D eigenvalue weighted by atomic mass is 16.4. The molecule has 4 aliphatic carbocycles. The van der Waals surface area contributed by atoms with Crippen molar-refractivity contribution in [3.8, 4) is 0 Å². The van der Waals surface area contributed by atoms with Crippen LogP contribution in [0.5, 0.6) is 0 Å². The number of aliphatic hydroxyl groups is 3. The van der Waals surface area contributed by atoms with E-state index in [1.54, 1.807) is 0 Å². The van der Waals surface area contributed by atoms with Gasteiger partial charge in [0.25, 0.3) is 0 Å². The van der Waals surface area contributed by atoms with Crippen molar-refractivity contribution in [2.75, 3.05) is 0 Å². The number of aliphatic hydroxyl groups excluding tert-OH is 2. The van der Waals surface area contributed by atoms with Crippen molar-refractivity contribution < 1.29 is 25.2 Å². The highest BCUT2D eigenvalue weighted by Gasteiger charge is 2.67. The zero-order chi connectivity index (χ0) is 23.5. The van der Waals surface area contributed by atoms with Crippen LogP contribution >= 0.6 is 0 Å². The molecule has 0 radical (unpaired) electrons. The molecule has 0 unspecified atom stereocenters. The third kappa shape index (κ3) is 3.65. The lowest BCUT2D eigenvalue weighted by molar-refractivity contribution is -0.264. The minimum absolute atomic E-state index is 0.262. The van der Waals surface area contributed by atoms with Gasteiger partial charge in [0.05, 0.1) is 23.7 Å². The maximum atomic E-state index is 11.6. The average Bonchev–Trinajstić information content (AvgIpc) is 3.07. The maximum absolute atomic E-state index is 11.6. The van der Waals surface area contributed by atoms with Gasteiger partial charge >= 0.3 is 5.97 Å². The van der Waals surface area contributed by atoms with E-state index in [-0.39, 0.29) is 16.7 Å². The SMILES string of the molecule is C[C@H](CCC[C@@H](C)[C@H]1CC[C@H]2[C@@H]3C[C@@H](O)[C@@]4(O)C[C@@H](O)CC[C@]4(C)[C@H]3CC[C@]12C)C(=O)O. The molecule has 0 amide bonds. The lowest BCUT2D eigenvalue weighted by atomic mass is 9.42. The Morgan fingerprint density at radius 3 is 2.41 bits per heavy atom. The summed E-state index contributed by atoms with van der Waals surface area (Å²) in [6.45, 7) is 8.86. The largest absolute Gasteiger partial charge is 0.481 e. The first-order chi connectivity index (χ1) is 14.9. The molecule has 4 saturated carbocycles. The van der Waals surface area contributed by atoms with Gasteiger partial charge in [-0.3, -0.25) is 4.79 Å². The van der Waals surface area contributed by atoms with Crippen LogP contribution in [-0.4, -0.2) is 44.2 Å². The third-order valence-electron chi connectivity index (χ3n) is 11.3. The summed E-state index contributed by atoms with van der Waals surface area (Å²) in [5.74, 6) is 1.76. The van der Waals surface area contributed by atoms with Gasteiger partial charge in [-0.05, 0) is 86.4 Å². The van der Waals surface area contributed by atoms with Crippen molar-refractivity contribution in [3.05, 3.63) is 0 Å². The Hall–Kier alpha value is -0.650. The van der Waals surface area contributed by atoms with Gasteiger partial charge in [0.15, 0.2) is 0 Å². The molecule has 4 N–H and O–H groups in total. The monoisotopic (exact) mass is 450 g/mol. The highest BCUT2D eigenvalue weighted by molar-refractivity contribution is 5.69. The Morgan fingerprint density at radius 1 is 1.00 bits per heavy atom. The van der Waals surface area contributed by atoms with Gasteiger partial charge in [-0.2, -0.15) is 0 Å². The van der Waals surface area contributed by atoms with Crippen LogP contribution < -0.4 is 0 Å². The Kier molecular flexibility index (Phi) is 6.53. The molecule has 0 aromatic carbocycles. The van der Waals surface area contributed by atoms with Crippen LogP contribution in [0, 0.1) is 46.3 Å². The van der Waals surface area contributed by atoms with Crippen LogP contribution in [0.2, 0.25) is 0 Å². The van der Waals surface area contributed by atoms with Gasteiger partial charge in [0, 0.05) is 11.8 Å². The molecule has 0 aliphatic heterocycles. The van der Waals surface area contributed by atoms with Gasteiger partial charge in [-0.25, -0.2) is 0 Å². The zero-order valence-corrected chi connectivity index (χ0v) is 20.6. The van der Waals surface area contributed by atoms with E-state index in [0.29, 0.717) is 42.4 Å². The number of fused-ring (bicyclic) bond motifs is 5. The summed E-state index contributed by atoms with van der Waals surface area (Å²) in [7, 11) is 0. The van der Waals surface area contributed by atoms with Crippen molar-refractivity contribution >= 4 is 5.97 Å². The smallest absolute Gasteiger partial charge is 0.306 e. The average molecular weight is 451 g/mol. The second-order valence-corrected chi connectivity index (χ2v) is 12.7. The van der Waals surface area contributed by atoms with Crippen molar-refractivity contribution in [1.29, 1.82) is 0 Å². The molecule has 0 heterocycles. The van der Waals surface area contributed by atoms with Gasteiger partial charge < -0.3 is 20.4 Å². The Balaban J connectivity index is 1.48. The van der Waals surface area contributed by atoms with Gasteiger partial charge in [0.1, 0.15) is 0 Å². The summed E-state index contributed by atoms with van der Waals surface area (Å²) in [5.41, 5.74) is -1.20. The summed E-state index contributed by atoms with van der Waals surface area (Å²) < 4.78 is 0. The number of hydrogen-bond donors (Lipinski definition) is 4. The molecule has 184 valence electrons. The van der Waals surface area contributed by atoms with Crippen molar-refractivity contribution in [3.63, 3.8) is 0 Å². The number of aliphatic carboxylic acids is 1. The standard InChI is InChI=1S/C27H46O5/c1-16(6-5-7-17(2)24(30)31)20-8-9-21-19-14-23(29)27(32)15-18(28)10-13-26(27,4)22(19)11-12-25(20,21)3/h16-23,28-29,32H,5-15H2,1-4H3,(H,30,31)/t16-,17-,18+,19+,20-,21+,22+,23-,25-,26-,27+/m1/s1. The molecule has 4 fully saturated rings. The number of hydrogen-bond acceptors (Lipinski definition) is 4. The molecular weight excluding hydrogens is 404 g/mol. The number of carboxylic acids is 1. The van der Waals surface area contributed by atoms with Crippen LogP contribution in [0.3, 0.4) is 0 Å². The highest BCUT2D eigenvalue weighted by Crippen LogP contribution is 2.69. The van der Waals surface area contributed by atoms with Gasteiger partial charge in [-0.15, -0.1) is 0 Å². The van der Waals surface area contributed by atoms with Crippen LogP contribution in [0.4, 0.5) is 0 Å². The van der Waals surface area contributed by atoms with Crippen molar-refractivity contribution in [2.24, 2.45) is 46.3 Å². The van der Waals surface area contributed by atoms with E-state index in [0.717, 1.165) is 38.5 Å². The predicted molar refractivity (Wildman–Crippen MR) is 124 cm³/mol. The van der Waals surface area contributed by atoms with Crippen molar-refractivity contribution in [2.45, 2.75) is 116 Å². The Morgan fingerprint density at radius 2 is 1.72 bits per heavy atom. The molecule has 0 saturated heterocycles. The van der Waals surface area contributed by atoms with E-state index >= 15 is 0 Å². The van der Waals surface area contributed by atoms with E-state index in [2.05, 4.69) is 20.8 Å². The third-order valence-corrected chi connectivity index (χ3v) is 11.3. The fourth-order valence-corrected chi connectivity index (χ4v) is 9.31. The predicted octanol–water partition coefficient (Wildman–Crippen LogP) is 4.62. The molecule has 4 aliphatic rings. The molecule has 4 rings (SSSR count). The quantitative estimate of drug-likeness (QED) is 0.473. The molecule has 32 heavy (non-hydrogen) atoms. The first-order valence-corrected chi connectivity index (χ1v) is 13.3. The lowest BCUT2D eigenvalue weighted by Gasteiger charge is -2.65. The molecule has 0 spiro atoms.